The highest BCUT2D eigenvalue weighted by atomic mass is 32.2. The van der Waals surface area contributed by atoms with Crippen LogP contribution in [-0.2, 0) is 16.1 Å². The molecule has 0 radical (unpaired) electrons. The lowest BCUT2D eigenvalue weighted by Crippen LogP contribution is -2.23. The second-order valence-electron chi connectivity index (χ2n) is 5.51. The van der Waals surface area contributed by atoms with E-state index in [-0.39, 0.29) is 12.2 Å². The normalized spacial score (nSPS) is 17.4. The first-order valence-corrected chi connectivity index (χ1v) is 8.45. The van der Waals surface area contributed by atoms with Crippen molar-refractivity contribution in [3.8, 4) is 6.07 Å². The number of thioether (sulfide) groups is 1. The van der Waals surface area contributed by atoms with Crippen LogP contribution in [0.15, 0.2) is 74.4 Å². The maximum atomic E-state index is 12.7. The molecule has 25 heavy (non-hydrogen) atoms. The van der Waals surface area contributed by atoms with Crippen LogP contribution in [0.25, 0.3) is 0 Å². The number of carbonyl (C=O) groups is 1. The fourth-order valence-electron chi connectivity index (χ4n) is 2.70. The highest BCUT2D eigenvalue weighted by Crippen LogP contribution is 2.45. The molecule has 0 saturated carbocycles. The Morgan fingerprint density at radius 3 is 2.76 bits per heavy atom. The summed E-state index contributed by atoms with van der Waals surface area (Å²) in [4.78, 5) is 13.5. The zero-order valence-corrected chi connectivity index (χ0v) is 14.4. The average molecular weight is 352 g/mol. The molecule has 0 spiro atoms. The number of rotatable bonds is 4. The fourth-order valence-corrected chi connectivity index (χ4v) is 3.61. The second kappa shape index (κ2) is 7.32. The number of esters is 1. The van der Waals surface area contributed by atoms with Gasteiger partial charge in [-0.15, -0.1) is 0 Å². The molecule has 0 unspecified atom stereocenters. The largest absolute Gasteiger partial charge is 0.472 e. The van der Waals surface area contributed by atoms with Crippen molar-refractivity contribution >= 4 is 17.7 Å². The summed E-state index contributed by atoms with van der Waals surface area (Å²) in [5.74, 6) is -1.10. The van der Waals surface area contributed by atoms with Gasteiger partial charge >= 0.3 is 5.97 Å². The van der Waals surface area contributed by atoms with Gasteiger partial charge in [-0.2, -0.15) is 5.26 Å². The van der Waals surface area contributed by atoms with Gasteiger partial charge in [0.2, 0.25) is 0 Å². The van der Waals surface area contributed by atoms with Crippen molar-refractivity contribution in [3.05, 3.63) is 81.1 Å². The maximum Gasteiger partial charge on any atom is 0.338 e. The predicted octanol–water partition coefficient (Wildman–Crippen LogP) is 3.82. The minimum absolute atomic E-state index is 0.143. The van der Waals surface area contributed by atoms with Gasteiger partial charge in [0, 0.05) is 10.5 Å². The highest BCUT2D eigenvalue weighted by Gasteiger charge is 2.35. The van der Waals surface area contributed by atoms with Crippen molar-refractivity contribution in [1.82, 2.24) is 0 Å². The Kier molecular flexibility index (Phi) is 4.96. The number of nitriles is 1. The van der Waals surface area contributed by atoms with Gasteiger partial charge < -0.3 is 14.9 Å². The third kappa shape index (κ3) is 3.47. The number of nitrogens with two attached hydrogens (primary N) is 1. The summed E-state index contributed by atoms with van der Waals surface area (Å²) in [5.41, 5.74) is 8.46. The first-order chi connectivity index (χ1) is 12.1. The quantitative estimate of drug-likeness (QED) is 0.841. The van der Waals surface area contributed by atoms with Crippen LogP contribution in [-0.4, -0.2) is 5.97 Å². The van der Waals surface area contributed by atoms with Gasteiger partial charge in [-0.1, -0.05) is 42.1 Å². The second-order valence-corrected chi connectivity index (χ2v) is 6.77. The molecule has 1 aromatic carbocycles. The van der Waals surface area contributed by atoms with E-state index >= 15 is 0 Å². The zero-order chi connectivity index (χ0) is 17.8. The van der Waals surface area contributed by atoms with Crippen molar-refractivity contribution in [2.45, 2.75) is 19.4 Å². The van der Waals surface area contributed by atoms with Crippen LogP contribution < -0.4 is 5.73 Å². The van der Waals surface area contributed by atoms with Gasteiger partial charge in [0.25, 0.3) is 0 Å². The summed E-state index contributed by atoms with van der Waals surface area (Å²) in [6, 6.07) is 13.3. The van der Waals surface area contributed by atoms with Crippen molar-refractivity contribution in [2.24, 2.45) is 5.73 Å². The molecule has 0 amide bonds. The molecule has 1 aliphatic rings. The summed E-state index contributed by atoms with van der Waals surface area (Å²) in [5, 5.41) is 9.90. The molecule has 0 fully saturated rings. The van der Waals surface area contributed by atoms with Crippen LogP contribution in [0.4, 0.5) is 0 Å². The number of hydrogen-bond acceptors (Lipinski definition) is 6. The average Bonchev–Trinajstić information content (AvgIpc) is 3.14. The Balaban J connectivity index is 1.90. The minimum atomic E-state index is -0.576. The Morgan fingerprint density at radius 2 is 2.12 bits per heavy atom. The van der Waals surface area contributed by atoms with Gasteiger partial charge in [-0.25, -0.2) is 4.79 Å². The van der Waals surface area contributed by atoms with Crippen LogP contribution in [0.1, 0.15) is 24.0 Å². The van der Waals surface area contributed by atoms with Crippen LogP contribution in [0.5, 0.6) is 0 Å². The summed E-state index contributed by atoms with van der Waals surface area (Å²) < 4.78 is 10.6. The lowest BCUT2D eigenvalue weighted by atomic mass is 9.86. The van der Waals surface area contributed by atoms with Crippen molar-refractivity contribution in [1.29, 1.82) is 5.26 Å². The molecule has 2 heterocycles. The van der Waals surface area contributed by atoms with E-state index < -0.39 is 11.9 Å². The van der Waals surface area contributed by atoms with E-state index in [0.29, 0.717) is 16.2 Å². The van der Waals surface area contributed by atoms with Gasteiger partial charge in [0.1, 0.15) is 6.61 Å². The van der Waals surface area contributed by atoms with E-state index in [1.165, 1.54) is 24.3 Å². The standard InChI is InChI=1S/C19H16N2O3S/c1-12-15(9-20)16(14-7-8-23-11-14)17(18(21)25-12)19(22)24-10-13-5-3-2-4-6-13/h2-8,11,16H,10,21H2,1H3/t16-/m0/s1. The van der Waals surface area contributed by atoms with Crippen molar-refractivity contribution < 1.29 is 13.9 Å². The molecule has 0 aliphatic carbocycles. The lowest BCUT2D eigenvalue weighted by Gasteiger charge is -2.25. The first-order valence-electron chi connectivity index (χ1n) is 7.63. The Bertz CT molecular complexity index is 877. The number of ether oxygens (including phenoxy) is 1. The molecule has 0 bridgehead atoms. The Labute approximate surface area is 149 Å². The van der Waals surface area contributed by atoms with Crippen LogP contribution in [0, 0.1) is 11.3 Å². The van der Waals surface area contributed by atoms with Gasteiger partial charge in [0.05, 0.1) is 40.7 Å². The van der Waals surface area contributed by atoms with Crippen molar-refractivity contribution in [2.75, 3.05) is 0 Å². The fraction of sp³-hybridized carbons (Fsp3) is 0.158. The molecule has 1 aliphatic heterocycles. The summed E-state index contributed by atoms with van der Waals surface area (Å²) >= 11 is 1.22. The Hall–Kier alpha value is -2.91. The number of allylic oxidation sites excluding steroid dienone is 2. The molecule has 0 saturated heterocycles. The zero-order valence-electron chi connectivity index (χ0n) is 13.6. The third-order valence-corrected chi connectivity index (χ3v) is 4.88. The molecule has 1 atom stereocenters. The molecular weight excluding hydrogens is 336 g/mol. The molecule has 126 valence electrons. The first kappa shape index (κ1) is 16.9. The smallest absolute Gasteiger partial charge is 0.338 e. The number of hydrogen-bond donors (Lipinski definition) is 1. The summed E-state index contributed by atoms with van der Waals surface area (Å²) in [6.07, 6.45) is 3.02. The van der Waals surface area contributed by atoms with E-state index in [1.807, 2.05) is 37.3 Å². The van der Waals surface area contributed by atoms with Crippen LogP contribution >= 0.6 is 11.8 Å². The van der Waals surface area contributed by atoms with E-state index in [1.54, 1.807) is 6.07 Å². The van der Waals surface area contributed by atoms with Gasteiger partial charge in [-0.3, -0.25) is 0 Å². The molecular formula is C19H16N2O3S. The van der Waals surface area contributed by atoms with E-state index in [9.17, 15) is 10.1 Å². The van der Waals surface area contributed by atoms with E-state index in [0.717, 1.165) is 10.5 Å². The maximum absolute atomic E-state index is 12.7. The topological polar surface area (TPSA) is 89.2 Å². The van der Waals surface area contributed by atoms with Gasteiger partial charge in [0.15, 0.2) is 0 Å². The van der Waals surface area contributed by atoms with Crippen molar-refractivity contribution in [3.63, 3.8) is 0 Å². The van der Waals surface area contributed by atoms with E-state index in [2.05, 4.69) is 6.07 Å². The third-order valence-electron chi connectivity index (χ3n) is 3.91. The van der Waals surface area contributed by atoms with Crippen LogP contribution in [0.2, 0.25) is 0 Å². The number of nitrogens with zero attached hydrogens (tertiary/aromatic N) is 1. The molecule has 5 nitrogen and oxygen atoms in total. The molecule has 2 N–H and O–H groups in total. The number of carbonyl (C=O) groups excluding carboxylic acids is 1. The SMILES string of the molecule is CC1=C(C#N)[C@H](c2ccoc2)C(C(=O)OCc2ccccc2)=C(N)S1. The molecule has 3 rings (SSSR count). The van der Waals surface area contributed by atoms with Crippen LogP contribution in [0.3, 0.4) is 0 Å². The highest BCUT2D eigenvalue weighted by molar-refractivity contribution is 8.06. The molecule has 2 aromatic rings. The van der Waals surface area contributed by atoms with Gasteiger partial charge in [-0.05, 0) is 18.6 Å². The minimum Gasteiger partial charge on any atom is -0.472 e. The number of benzene rings is 1. The Morgan fingerprint density at radius 1 is 1.36 bits per heavy atom. The predicted molar refractivity (Wildman–Crippen MR) is 94.8 cm³/mol. The summed E-state index contributed by atoms with van der Waals surface area (Å²) in [7, 11) is 0. The molecule has 1 aromatic heterocycles. The lowest BCUT2D eigenvalue weighted by molar-refractivity contribution is -0.140. The number of furan rings is 1. The van der Waals surface area contributed by atoms with E-state index in [4.69, 9.17) is 14.9 Å². The molecule has 6 heteroatoms. The summed E-state index contributed by atoms with van der Waals surface area (Å²) in [6.45, 7) is 1.96. The monoisotopic (exact) mass is 352 g/mol.